The number of halogens is 2. The van der Waals surface area contributed by atoms with E-state index in [1.165, 1.54) is 0 Å². The Kier molecular flexibility index (Phi) is 8.48. The SMILES string of the molecule is CC[C@@H]([C@H](C)NS(=O)(=O)C1CC1)N1C(=O)[C@@](C)(CC(=O)O)CC(c2cccc(Cl)c2)[C@H]1c1ccc(Cl)cc1. The smallest absolute Gasteiger partial charge is 0.304 e. The number of aliphatic carboxylic acids is 1. The molecule has 2 N–H and O–H groups in total. The van der Waals surface area contributed by atoms with Gasteiger partial charge in [0.25, 0.3) is 0 Å². The summed E-state index contributed by atoms with van der Waals surface area (Å²) in [5.41, 5.74) is 0.512. The summed E-state index contributed by atoms with van der Waals surface area (Å²) in [5.74, 6) is -1.66. The van der Waals surface area contributed by atoms with Crippen LogP contribution < -0.4 is 4.72 Å². The quantitative estimate of drug-likeness (QED) is 0.370. The van der Waals surface area contributed by atoms with E-state index in [0.29, 0.717) is 35.7 Å². The first-order valence-corrected chi connectivity index (χ1v) is 15.2. The number of sulfonamides is 1. The molecular formula is C28H34Cl2N2O5S. The highest BCUT2D eigenvalue weighted by molar-refractivity contribution is 7.90. The minimum atomic E-state index is -3.52. The van der Waals surface area contributed by atoms with Crippen molar-refractivity contribution in [2.24, 2.45) is 5.41 Å². The van der Waals surface area contributed by atoms with Crippen LogP contribution in [0.25, 0.3) is 0 Å². The zero-order valence-electron chi connectivity index (χ0n) is 21.7. The lowest BCUT2D eigenvalue weighted by Crippen LogP contribution is -2.60. The Bertz CT molecular complexity index is 1300. The molecule has 1 unspecified atom stereocenters. The molecule has 1 saturated heterocycles. The number of nitrogens with one attached hydrogen (secondary N) is 1. The molecule has 0 bridgehead atoms. The number of piperidine rings is 1. The first-order valence-electron chi connectivity index (χ1n) is 12.9. The number of rotatable bonds is 10. The van der Waals surface area contributed by atoms with E-state index in [9.17, 15) is 23.1 Å². The van der Waals surface area contributed by atoms with E-state index in [-0.39, 0.29) is 18.2 Å². The topological polar surface area (TPSA) is 104 Å². The Labute approximate surface area is 234 Å². The number of hydrogen-bond acceptors (Lipinski definition) is 4. The van der Waals surface area contributed by atoms with Gasteiger partial charge in [-0.2, -0.15) is 0 Å². The van der Waals surface area contributed by atoms with Crippen LogP contribution in [0.2, 0.25) is 10.0 Å². The van der Waals surface area contributed by atoms with E-state index in [2.05, 4.69) is 4.72 Å². The summed E-state index contributed by atoms with van der Waals surface area (Å²) in [6.07, 6.45) is 1.67. The van der Waals surface area contributed by atoms with Gasteiger partial charge in [-0.3, -0.25) is 9.59 Å². The van der Waals surface area contributed by atoms with Crippen LogP contribution in [-0.4, -0.2) is 47.6 Å². The number of carbonyl (C=O) groups is 2. The Balaban J connectivity index is 1.87. The van der Waals surface area contributed by atoms with Crippen molar-refractivity contribution in [3.63, 3.8) is 0 Å². The molecule has 0 radical (unpaired) electrons. The molecule has 38 heavy (non-hydrogen) atoms. The minimum absolute atomic E-state index is 0.293. The van der Waals surface area contributed by atoms with E-state index in [4.69, 9.17) is 23.2 Å². The molecule has 1 heterocycles. The van der Waals surface area contributed by atoms with Gasteiger partial charge in [-0.25, -0.2) is 13.1 Å². The van der Waals surface area contributed by atoms with Gasteiger partial charge in [-0.05, 0) is 68.0 Å². The Hall–Kier alpha value is -2.13. The van der Waals surface area contributed by atoms with Gasteiger partial charge in [0.05, 0.1) is 23.1 Å². The lowest BCUT2D eigenvalue weighted by molar-refractivity contribution is -0.161. The maximum absolute atomic E-state index is 14.3. The van der Waals surface area contributed by atoms with Crippen molar-refractivity contribution in [1.29, 1.82) is 0 Å². The van der Waals surface area contributed by atoms with Crippen molar-refractivity contribution in [3.05, 3.63) is 69.7 Å². The zero-order valence-corrected chi connectivity index (χ0v) is 24.1. The highest BCUT2D eigenvalue weighted by Gasteiger charge is 2.53. The number of carbonyl (C=O) groups excluding carboxylic acids is 1. The Morgan fingerprint density at radius 1 is 1.13 bits per heavy atom. The summed E-state index contributed by atoms with van der Waals surface area (Å²) >= 11 is 12.6. The van der Waals surface area contributed by atoms with Gasteiger partial charge in [-0.15, -0.1) is 0 Å². The highest BCUT2D eigenvalue weighted by atomic mass is 35.5. The van der Waals surface area contributed by atoms with Crippen LogP contribution >= 0.6 is 23.2 Å². The molecular weight excluding hydrogens is 547 g/mol. The van der Waals surface area contributed by atoms with Crippen molar-refractivity contribution in [2.75, 3.05) is 0 Å². The third kappa shape index (κ3) is 6.03. The number of nitrogens with zero attached hydrogens (tertiary/aromatic N) is 1. The Morgan fingerprint density at radius 3 is 2.34 bits per heavy atom. The van der Waals surface area contributed by atoms with Gasteiger partial charge < -0.3 is 10.0 Å². The number of likely N-dealkylation sites (tertiary alicyclic amines) is 1. The molecule has 1 saturated carbocycles. The number of benzene rings is 2. The monoisotopic (exact) mass is 580 g/mol. The van der Waals surface area contributed by atoms with Crippen LogP contribution in [0.5, 0.6) is 0 Å². The highest BCUT2D eigenvalue weighted by Crippen LogP contribution is 2.52. The molecule has 2 aromatic carbocycles. The summed E-state index contributed by atoms with van der Waals surface area (Å²) in [4.78, 5) is 28.0. The lowest BCUT2D eigenvalue weighted by atomic mass is 9.66. The van der Waals surface area contributed by atoms with Gasteiger partial charge in [0.2, 0.25) is 15.9 Å². The molecule has 4 rings (SSSR count). The average molecular weight is 582 g/mol. The molecule has 206 valence electrons. The summed E-state index contributed by atoms with van der Waals surface area (Å²) in [5, 5.41) is 10.5. The molecule has 2 aliphatic rings. The van der Waals surface area contributed by atoms with E-state index in [0.717, 1.165) is 11.1 Å². The molecule has 7 nitrogen and oxygen atoms in total. The second-order valence-electron chi connectivity index (χ2n) is 10.8. The van der Waals surface area contributed by atoms with Crippen molar-refractivity contribution in [3.8, 4) is 0 Å². The van der Waals surface area contributed by atoms with Crippen LogP contribution in [0.4, 0.5) is 0 Å². The third-order valence-electron chi connectivity index (χ3n) is 7.80. The first kappa shape index (κ1) is 28.9. The fraction of sp³-hybridized carbons (Fsp3) is 0.500. The average Bonchev–Trinajstić information content (AvgIpc) is 3.68. The van der Waals surface area contributed by atoms with E-state index in [1.807, 2.05) is 37.3 Å². The van der Waals surface area contributed by atoms with Crippen LogP contribution in [0.3, 0.4) is 0 Å². The summed E-state index contributed by atoms with van der Waals surface area (Å²) in [7, 11) is -3.52. The summed E-state index contributed by atoms with van der Waals surface area (Å²) in [6, 6.07) is 13.1. The minimum Gasteiger partial charge on any atom is -0.481 e. The van der Waals surface area contributed by atoms with E-state index >= 15 is 0 Å². The van der Waals surface area contributed by atoms with E-state index in [1.54, 1.807) is 36.9 Å². The van der Waals surface area contributed by atoms with Crippen molar-refractivity contribution < 1.29 is 23.1 Å². The number of carboxylic acid groups (broad SMARTS) is 1. The molecule has 1 amide bonds. The van der Waals surface area contributed by atoms with Crippen LogP contribution in [0, 0.1) is 5.41 Å². The van der Waals surface area contributed by atoms with Crippen LogP contribution in [-0.2, 0) is 19.6 Å². The van der Waals surface area contributed by atoms with E-state index < -0.39 is 44.8 Å². The molecule has 1 aliphatic heterocycles. The second kappa shape index (κ2) is 11.2. The van der Waals surface area contributed by atoms with Crippen LogP contribution in [0.1, 0.15) is 76.0 Å². The zero-order chi connectivity index (χ0) is 27.8. The number of carboxylic acids is 1. The normalized spacial score (nSPS) is 25.7. The molecule has 2 fully saturated rings. The Morgan fingerprint density at radius 2 is 1.79 bits per heavy atom. The van der Waals surface area contributed by atoms with Crippen molar-refractivity contribution in [1.82, 2.24) is 9.62 Å². The maximum Gasteiger partial charge on any atom is 0.304 e. The van der Waals surface area contributed by atoms with Gasteiger partial charge >= 0.3 is 5.97 Å². The molecule has 0 spiro atoms. The standard InChI is InChI=1S/C28H34Cl2N2O5S/c1-4-24(17(2)31-38(36,37)22-12-13-22)32-26(18-8-10-20(29)11-9-18)23(19-6-5-7-21(30)14-19)15-28(3,27(32)35)16-25(33)34/h5-11,14,17,22-24,26,31H,4,12-13,15-16H2,1-3H3,(H,33,34)/t17-,23?,24-,26+,28+/m0/s1. The first-order chi connectivity index (χ1) is 17.9. The molecule has 10 heteroatoms. The summed E-state index contributed by atoms with van der Waals surface area (Å²) in [6.45, 7) is 5.38. The maximum atomic E-state index is 14.3. The molecule has 0 aromatic heterocycles. The number of hydrogen-bond donors (Lipinski definition) is 2. The lowest BCUT2D eigenvalue weighted by Gasteiger charge is -2.53. The van der Waals surface area contributed by atoms with Crippen molar-refractivity contribution >= 4 is 45.1 Å². The third-order valence-corrected chi connectivity index (χ3v) is 10.3. The van der Waals surface area contributed by atoms with Gasteiger partial charge in [0.1, 0.15) is 0 Å². The van der Waals surface area contributed by atoms with Gasteiger partial charge in [-0.1, -0.05) is 61.3 Å². The molecule has 5 atom stereocenters. The van der Waals surface area contributed by atoms with Gasteiger partial charge in [0, 0.05) is 28.0 Å². The molecule has 2 aromatic rings. The predicted octanol–water partition coefficient (Wildman–Crippen LogP) is 5.78. The number of amides is 1. The second-order valence-corrected chi connectivity index (χ2v) is 13.7. The van der Waals surface area contributed by atoms with Crippen molar-refractivity contribution in [2.45, 2.75) is 82.2 Å². The largest absolute Gasteiger partial charge is 0.481 e. The predicted molar refractivity (Wildman–Crippen MR) is 149 cm³/mol. The van der Waals surface area contributed by atoms with Gasteiger partial charge in [0.15, 0.2) is 0 Å². The fourth-order valence-corrected chi connectivity index (χ4v) is 7.80. The summed E-state index contributed by atoms with van der Waals surface area (Å²) < 4.78 is 28.5. The molecule has 1 aliphatic carbocycles. The van der Waals surface area contributed by atoms with Crippen LogP contribution in [0.15, 0.2) is 48.5 Å². The fourth-order valence-electron chi connectivity index (χ4n) is 5.85.